The lowest BCUT2D eigenvalue weighted by molar-refractivity contribution is 0.103. The lowest BCUT2D eigenvalue weighted by Crippen LogP contribution is -2.11. The quantitative estimate of drug-likeness (QED) is 0.632. The third-order valence-corrected chi connectivity index (χ3v) is 6.52. The molecule has 29 heavy (non-hydrogen) atoms. The van der Waals surface area contributed by atoms with Crippen molar-refractivity contribution in [3.05, 3.63) is 62.4 Å². The van der Waals surface area contributed by atoms with Crippen molar-refractivity contribution in [3.63, 3.8) is 0 Å². The molecule has 0 fully saturated rings. The minimum atomic E-state index is -3.46. The van der Waals surface area contributed by atoms with Crippen molar-refractivity contribution in [2.24, 2.45) is 0 Å². The van der Waals surface area contributed by atoms with E-state index < -0.39 is 9.84 Å². The monoisotopic (exact) mass is 445 g/mol. The van der Waals surface area contributed by atoms with Gasteiger partial charge in [0.1, 0.15) is 6.07 Å². The van der Waals surface area contributed by atoms with Crippen LogP contribution < -0.4 is 5.32 Å². The Bertz CT molecular complexity index is 1270. The SMILES string of the molecule is Cc1cc(C#N)cnc1-c1cc(C(=O)Nc2cc(Cl)cc(S(C)(=O)=O)c2)sc1C. The highest BCUT2D eigenvalue weighted by Crippen LogP contribution is 2.32. The number of anilines is 1. The predicted octanol–water partition coefficient (Wildman–Crippen LogP) is 4.61. The van der Waals surface area contributed by atoms with E-state index in [1.807, 2.05) is 13.8 Å². The van der Waals surface area contributed by atoms with E-state index in [1.54, 1.807) is 12.1 Å². The van der Waals surface area contributed by atoms with E-state index in [1.165, 1.54) is 35.7 Å². The Hall–Kier alpha value is -2.73. The van der Waals surface area contributed by atoms with Gasteiger partial charge in [0.2, 0.25) is 0 Å². The topological polar surface area (TPSA) is 99.9 Å². The number of carbonyl (C=O) groups is 1. The second-order valence-electron chi connectivity index (χ2n) is 6.48. The third-order valence-electron chi connectivity index (χ3n) is 4.16. The molecular formula is C20H16ClN3O3S2. The van der Waals surface area contributed by atoms with Crippen LogP contribution in [0, 0.1) is 25.2 Å². The van der Waals surface area contributed by atoms with Gasteiger partial charge in [0.15, 0.2) is 9.84 Å². The van der Waals surface area contributed by atoms with Crippen LogP contribution in [0.1, 0.15) is 25.7 Å². The van der Waals surface area contributed by atoms with E-state index in [9.17, 15) is 13.2 Å². The summed E-state index contributed by atoms with van der Waals surface area (Å²) in [6.45, 7) is 3.75. The Labute approximate surface area is 177 Å². The fourth-order valence-electron chi connectivity index (χ4n) is 2.79. The summed E-state index contributed by atoms with van der Waals surface area (Å²) < 4.78 is 23.6. The molecule has 2 aromatic heterocycles. The molecule has 0 spiro atoms. The summed E-state index contributed by atoms with van der Waals surface area (Å²) in [5, 5.41) is 11.9. The first-order valence-electron chi connectivity index (χ1n) is 8.38. The number of pyridine rings is 1. The Morgan fingerprint density at radius 2 is 1.93 bits per heavy atom. The lowest BCUT2D eigenvalue weighted by Gasteiger charge is -2.07. The molecule has 148 valence electrons. The van der Waals surface area contributed by atoms with Crippen molar-refractivity contribution < 1.29 is 13.2 Å². The Morgan fingerprint density at radius 1 is 1.21 bits per heavy atom. The fourth-order valence-corrected chi connectivity index (χ4v) is 4.69. The molecule has 0 aliphatic carbocycles. The summed E-state index contributed by atoms with van der Waals surface area (Å²) in [6.07, 6.45) is 2.57. The van der Waals surface area contributed by atoms with E-state index in [-0.39, 0.29) is 15.8 Å². The largest absolute Gasteiger partial charge is 0.321 e. The first-order valence-corrected chi connectivity index (χ1v) is 11.5. The summed E-state index contributed by atoms with van der Waals surface area (Å²) in [4.78, 5) is 18.4. The van der Waals surface area contributed by atoms with Crippen LogP contribution in [0.5, 0.6) is 0 Å². The molecule has 2 heterocycles. The maximum absolute atomic E-state index is 12.7. The van der Waals surface area contributed by atoms with Crippen molar-refractivity contribution >= 4 is 44.4 Å². The Kier molecular flexibility index (Phi) is 5.75. The van der Waals surface area contributed by atoms with Gasteiger partial charge in [0.05, 0.1) is 21.0 Å². The normalized spacial score (nSPS) is 11.1. The smallest absolute Gasteiger partial charge is 0.265 e. The van der Waals surface area contributed by atoms with Gasteiger partial charge in [-0.25, -0.2) is 8.42 Å². The van der Waals surface area contributed by atoms with Gasteiger partial charge in [-0.15, -0.1) is 11.3 Å². The van der Waals surface area contributed by atoms with Crippen LogP contribution in [-0.2, 0) is 9.84 Å². The van der Waals surface area contributed by atoms with Crippen LogP contribution in [-0.4, -0.2) is 25.6 Å². The molecule has 1 aromatic carbocycles. The molecule has 0 atom stereocenters. The molecule has 3 rings (SSSR count). The molecule has 0 radical (unpaired) electrons. The van der Waals surface area contributed by atoms with Crippen molar-refractivity contribution in [2.45, 2.75) is 18.7 Å². The summed E-state index contributed by atoms with van der Waals surface area (Å²) >= 11 is 7.29. The van der Waals surface area contributed by atoms with Crippen molar-refractivity contribution in [2.75, 3.05) is 11.6 Å². The fraction of sp³-hybridized carbons (Fsp3) is 0.150. The Balaban J connectivity index is 1.92. The number of hydrogen-bond donors (Lipinski definition) is 1. The minimum absolute atomic E-state index is 0.0285. The average molecular weight is 446 g/mol. The van der Waals surface area contributed by atoms with Crippen LogP contribution in [0.2, 0.25) is 5.02 Å². The molecule has 3 aromatic rings. The summed E-state index contributed by atoms with van der Waals surface area (Å²) in [5.41, 5.74) is 3.12. The lowest BCUT2D eigenvalue weighted by atomic mass is 10.1. The average Bonchev–Trinajstić information content (AvgIpc) is 3.02. The second kappa shape index (κ2) is 7.95. The van der Waals surface area contributed by atoms with Gasteiger partial charge in [-0.05, 0) is 49.7 Å². The number of rotatable bonds is 4. The number of aromatic nitrogens is 1. The van der Waals surface area contributed by atoms with E-state index in [0.29, 0.717) is 21.8 Å². The standard InChI is InChI=1S/C20H16ClN3O3S2/c1-11-4-13(9-22)10-23-19(11)17-8-18(28-12(17)2)20(25)24-15-5-14(21)6-16(7-15)29(3,26)27/h4-8,10H,1-3H3,(H,24,25). The molecule has 1 N–H and O–H groups in total. The molecule has 9 heteroatoms. The van der Waals surface area contributed by atoms with Crippen molar-refractivity contribution in [3.8, 4) is 17.3 Å². The summed E-state index contributed by atoms with van der Waals surface area (Å²) in [5.74, 6) is -0.377. The van der Waals surface area contributed by atoms with Crippen LogP contribution in [0.4, 0.5) is 5.69 Å². The third kappa shape index (κ3) is 4.65. The zero-order chi connectivity index (χ0) is 21.3. The molecular weight excluding hydrogens is 430 g/mol. The summed E-state index contributed by atoms with van der Waals surface area (Å²) in [7, 11) is -3.46. The van der Waals surface area contributed by atoms with Gasteiger partial charge < -0.3 is 5.32 Å². The van der Waals surface area contributed by atoms with Crippen LogP contribution >= 0.6 is 22.9 Å². The number of sulfone groups is 1. The predicted molar refractivity (Wildman–Crippen MR) is 114 cm³/mol. The van der Waals surface area contributed by atoms with Gasteiger partial charge in [-0.2, -0.15) is 5.26 Å². The number of thiophene rings is 1. The van der Waals surface area contributed by atoms with Crippen LogP contribution in [0.3, 0.4) is 0 Å². The van der Waals surface area contributed by atoms with Gasteiger partial charge in [-0.1, -0.05) is 11.6 Å². The first kappa shape index (κ1) is 21.0. The van der Waals surface area contributed by atoms with Crippen molar-refractivity contribution in [1.82, 2.24) is 4.98 Å². The number of nitrogens with one attached hydrogen (secondary N) is 1. The number of amides is 1. The number of benzene rings is 1. The van der Waals surface area contributed by atoms with E-state index in [2.05, 4.69) is 16.4 Å². The molecule has 1 amide bonds. The molecule has 6 nitrogen and oxygen atoms in total. The zero-order valence-corrected chi connectivity index (χ0v) is 18.2. The van der Waals surface area contributed by atoms with Gasteiger partial charge in [0.25, 0.3) is 5.91 Å². The zero-order valence-electron chi connectivity index (χ0n) is 15.8. The number of carbonyl (C=O) groups excluding carboxylic acids is 1. The highest BCUT2D eigenvalue weighted by atomic mass is 35.5. The highest BCUT2D eigenvalue weighted by molar-refractivity contribution is 7.90. The maximum Gasteiger partial charge on any atom is 0.265 e. The molecule has 0 saturated carbocycles. The Morgan fingerprint density at radius 3 is 2.55 bits per heavy atom. The maximum atomic E-state index is 12.7. The number of aryl methyl sites for hydroxylation is 2. The number of halogens is 1. The van der Waals surface area contributed by atoms with Crippen molar-refractivity contribution in [1.29, 1.82) is 5.26 Å². The van der Waals surface area contributed by atoms with E-state index >= 15 is 0 Å². The van der Waals surface area contributed by atoms with E-state index in [0.717, 1.165) is 22.3 Å². The number of nitrogens with zero attached hydrogens (tertiary/aromatic N) is 2. The molecule has 0 aliphatic rings. The van der Waals surface area contributed by atoms with Gasteiger partial charge >= 0.3 is 0 Å². The minimum Gasteiger partial charge on any atom is -0.321 e. The number of hydrogen-bond acceptors (Lipinski definition) is 6. The van der Waals surface area contributed by atoms with Gasteiger partial charge in [0, 0.05) is 33.6 Å². The van der Waals surface area contributed by atoms with Gasteiger partial charge in [-0.3, -0.25) is 9.78 Å². The summed E-state index contributed by atoms with van der Waals surface area (Å²) in [6, 6.07) is 9.72. The second-order valence-corrected chi connectivity index (χ2v) is 10.2. The van der Waals surface area contributed by atoms with Crippen LogP contribution in [0.25, 0.3) is 11.3 Å². The molecule has 0 aliphatic heterocycles. The molecule has 0 saturated heterocycles. The molecule has 0 unspecified atom stereocenters. The highest BCUT2D eigenvalue weighted by Gasteiger charge is 2.17. The van der Waals surface area contributed by atoms with Crippen LogP contribution in [0.15, 0.2) is 41.4 Å². The van der Waals surface area contributed by atoms with E-state index in [4.69, 9.17) is 16.9 Å². The first-order chi connectivity index (χ1) is 13.6. The number of nitriles is 1. The molecule has 0 bridgehead atoms.